The van der Waals surface area contributed by atoms with Gasteiger partial charge in [0.1, 0.15) is 13.2 Å². The average molecular weight is 525 g/mol. The van der Waals surface area contributed by atoms with Crippen LogP contribution in [-0.4, -0.2) is 41.1 Å². The highest BCUT2D eigenvalue weighted by molar-refractivity contribution is 5.98. The van der Waals surface area contributed by atoms with Crippen LogP contribution in [0.25, 0.3) is 11.1 Å². The zero-order valence-electron chi connectivity index (χ0n) is 20.8. The first-order valence-electron chi connectivity index (χ1n) is 12.4. The Morgan fingerprint density at radius 2 is 1.44 bits per heavy atom. The predicted octanol–water partition coefficient (Wildman–Crippen LogP) is 5.91. The monoisotopic (exact) mass is 524 g/mol. The van der Waals surface area contributed by atoms with Gasteiger partial charge in [-0.15, -0.1) is 0 Å². The number of amides is 2. The summed E-state index contributed by atoms with van der Waals surface area (Å²) >= 11 is 0. The molecule has 39 heavy (non-hydrogen) atoms. The number of nitrogens with zero attached hydrogens (tertiary/aromatic N) is 1. The number of hydrogen-bond acceptors (Lipinski definition) is 4. The molecule has 0 atom stereocenters. The molecule has 0 saturated heterocycles. The van der Waals surface area contributed by atoms with Crippen molar-refractivity contribution in [3.05, 3.63) is 125 Å². The molecule has 0 heterocycles. The molecule has 5 rings (SSSR count). The zero-order chi connectivity index (χ0) is 27.4. The van der Waals surface area contributed by atoms with Crippen LogP contribution in [0.3, 0.4) is 0 Å². The van der Waals surface area contributed by atoms with E-state index in [2.05, 4.69) is 5.32 Å². The molecule has 4 aromatic carbocycles. The number of rotatable bonds is 8. The van der Waals surface area contributed by atoms with E-state index in [9.17, 15) is 19.5 Å². The van der Waals surface area contributed by atoms with E-state index < -0.39 is 30.3 Å². The van der Waals surface area contributed by atoms with Crippen molar-refractivity contribution in [1.29, 1.82) is 0 Å². The fourth-order valence-corrected chi connectivity index (χ4v) is 4.88. The van der Waals surface area contributed by atoms with Crippen LogP contribution in [0.2, 0.25) is 0 Å². The second-order valence-corrected chi connectivity index (χ2v) is 9.16. The molecule has 2 N–H and O–H groups in total. The number of fused-ring (bicyclic) bond motifs is 3. The van der Waals surface area contributed by atoms with E-state index in [0.29, 0.717) is 5.56 Å². The molecule has 4 aromatic rings. The van der Waals surface area contributed by atoms with Crippen LogP contribution in [-0.2, 0) is 16.1 Å². The van der Waals surface area contributed by atoms with E-state index in [1.807, 2.05) is 48.5 Å². The Morgan fingerprint density at radius 1 is 0.821 bits per heavy atom. The molecule has 1 aliphatic carbocycles. The van der Waals surface area contributed by atoms with Gasteiger partial charge in [0.15, 0.2) is 5.82 Å². The van der Waals surface area contributed by atoms with Crippen molar-refractivity contribution < 1.29 is 28.6 Å². The van der Waals surface area contributed by atoms with Crippen LogP contribution in [0.15, 0.2) is 97.1 Å². The van der Waals surface area contributed by atoms with E-state index in [1.165, 1.54) is 18.2 Å². The average Bonchev–Trinajstić information content (AvgIpc) is 3.26. The minimum absolute atomic E-state index is 0.0184. The van der Waals surface area contributed by atoms with Gasteiger partial charge in [-0.25, -0.2) is 9.18 Å². The summed E-state index contributed by atoms with van der Waals surface area (Å²) in [6.45, 7) is -0.587. The third kappa shape index (κ3) is 5.50. The first-order valence-corrected chi connectivity index (χ1v) is 12.4. The van der Waals surface area contributed by atoms with Crippen LogP contribution in [0.5, 0.6) is 0 Å². The number of ether oxygens (including phenoxy) is 1. The normalized spacial score (nSPS) is 11.8. The SMILES string of the molecule is O=C(O)CN(Cc1ccccc1)C(=O)c1cccc(NC(=O)OCC2c3ccccc3-c3ccccc32)c1F. The molecule has 0 radical (unpaired) electrons. The molecular formula is C31H25FN2O5. The number of carbonyl (C=O) groups excluding carboxylic acids is 2. The molecular weight excluding hydrogens is 499 g/mol. The summed E-state index contributed by atoms with van der Waals surface area (Å²) in [6, 6.07) is 28.6. The van der Waals surface area contributed by atoms with Gasteiger partial charge in [0.25, 0.3) is 5.91 Å². The molecule has 2 amide bonds. The summed E-state index contributed by atoms with van der Waals surface area (Å²) in [7, 11) is 0. The van der Waals surface area contributed by atoms with E-state index >= 15 is 4.39 Å². The van der Waals surface area contributed by atoms with Gasteiger partial charge >= 0.3 is 12.1 Å². The number of halogens is 1. The number of anilines is 1. The van der Waals surface area contributed by atoms with Gasteiger partial charge < -0.3 is 14.7 Å². The molecule has 0 spiro atoms. The molecule has 196 valence electrons. The Bertz CT molecular complexity index is 1490. The van der Waals surface area contributed by atoms with Crippen LogP contribution in [0, 0.1) is 5.82 Å². The highest BCUT2D eigenvalue weighted by Crippen LogP contribution is 2.44. The van der Waals surface area contributed by atoms with E-state index in [4.69, 9.17) is 4.74 Å². The van der Waals surface area contributed by atoms with Gasteiger partial charge in [0.2, 0.25) is 0 Å². The van der Waals surface area contributed by atoms with E-state index in [0.717, 1.165) is 27.2 Å². The lowest BCUT2D eigenvalue weighted by molar-refractivity contribution is -0.137. The van der Waals surface area contributed by atoms with Crippen LogP contribution >= 0.6 is 0 Å². The second-order valence-electron chi connectivity index (χ2n) is 9.16. The summed E-state index contributed by atoms with van der Waals surface area (Å²) < 4.78 is 20.9. The Morgan fingerprint density at radius 3 is 2.08 bits per heavy atom. The molecule has 7 nitrogen and oxygen atoms in total. The summed E-state index contributed by atoms with van der Waals surface area (Å²) in [6.07, 6.45) is -0.868. The molecule has 0 aromatic heterocycles. The van der Waals surface area contributed by atoms with Gasteiger partial charge in [-0.05, 0) is 39.9 Å². The molecule has 0 saturated carbocycles. The molecule has 8 heteroatoms. The number of aliphatic carboxylic acids is 1. The van der Waals surface area contributed by atoms with Crippen molar-refractivity contribution in [2.75, 3.05) is 18.5 Å². The maximum Gasteiger partial charge on any atom is 0.411 e. The summed E-state index contributed by atoms with van der Waals surface area (Å²) in [5.74, 6) is -3.18. The van der Waals surface area contributed by atoms with Crippen molar-refractivity contribution in [1.82, 2.24) is 4.90 Å². The Hall–Kier alpha value is -4.98. The van der Waals surface area contributed by atoms with Gasteiger partial charge in [-0.3, -0.25) is 14.9 Å². The second kappa shape index (κ2) is 11.2. The molecule has 0 bridgehead atoms. The first kappa shape index (κ1) is 25.7. The topological polar surface area (TPSA) is 95.9 Å². The summed E-state index contributed by atoms with van der Waals surface area (Å²) in [5, 5.41) is 11.7. The lowest BCUT2D eigenvalue weighted by Crippen LogP contribution is -2.35. The smallest absolute Gasteiger partial charge is 0.411 e. The number of carboxylic acids is 1. The fourth-order valence-electron chi connectivity index (χ4n) is 4.88. The predicted molar refractivity (Wildman–Crippen MR) is 144 cm³/mol. The third-order valence-corrected chi connectivity index (χ3v) is 6.64. The van der Waals surface area contributed by atoms with Crippen LogP contribution in [0.4, 0.5) is 14.9 Å². The number of carbonyl (C=O) groups is 3. The van der Waals surface area contributed by atoms with Crippen LogP contribution in [0.1, 0.15) is 33.0 Å². The first-order chi connectivity index (χ1) is 18.9. The van der Waals surface area contributed by atoms with Crippen molar-refractivity contribution in [3.8, 4) is 11.1 Å². The maximum atomic E-state index is 15.4. The fraction of sp³-hybridized carbons (Fsp3) is 0.129. The van der Waals surface area contributed by atoms with E-state index in [1.54, 1.807) is 30.3 Å². The van der Waals surface area contributed by atoms with Crippen molar-refractivity contribution in [3.63, 3.8) is 0 Å². The standard InChI is InChI=1S/C31H25FN2O5/c32-29-25(30(37)34(18-28(35)36)17-20-9-2-1-3-10-20)15-8-16-27(29)33-31(38)39-19-26-23-13-6-4-11-21(23)22-12-5-7-14-24(22)26/h1-16,26H,17-19H2,(H,33,38)(H,35,36). The molecule has 0 unspecified atom stereocenters. The van der Waals surface area contributed by atoms with Crippen LogP contribution < -0.4 is 5.32 Å². The van der Waals surface area contributed by atoms with Gasteiger partial charge in [0, 0.05) is 12.5 Å². The largest absolute Gasteiger partial charge is 0.480 e. The Labute approximate surface area is 224 Å². The molecule has 0 aliphatic heterocycles. The molecule has 1 aliphatic rings. The number of benzene rings is 4. The summed E-state index contributed by atoms with van der Waals surface area (Å²) in [4.78, 5) is 38.3. The van der Waals surface area contributed by atoms with Crippen molar-refractivity contribution >= 4 is 23.7 Å². The minimum Gasteiger partial charge on any atom is -0.480 e. The Kier molecular flexibility index (Phi) is 7.36. The maximum absolute atomic E-state index is 15.4. The summed E-state index contributed by atoms with van der Waals surface area (Å²) in [5.41, 5.74) is 4.35. The third-order valence-electron chi connectivity index (χ3n) is 6.64. The lowest BCUT2D eigenvalue weighted by Gasteiger charge is -2.22. The van der Waals surface area contributed by atoms with Gasteiger partial charge in [0.05, 0.1) is 11.3 Å². The number of carboxylic acid groups (broad SMARTS) is 1. The highest BCUT2D eigenvalue weighted by atomic mass is 19.1. The highest BCUT2D eigenvalue weighted by Gasteiger charge is 2.29. The number of nitrogens with one attached hydrogen (secondary N) is 1. The van der Waals surface area contributed by atoms with Crippen molar-refractivity contribution in [2.24, 2.45) is 0 Å². The van der Waals surface area contributed by atoms with E-state index in [-0.39, 0.29) is 30.3 Å². The Balaban J connectivity index is 1.30. The molecule has 0 fully saturated rings. The minimum atomic E-state index is -1.23. The van der Waals surface area contributed by atoms with Gasteiger partial charge in [-0.1, -0.05) is 84.9 Å². The van der Waals surface area contributed by atoms with Gasteiger partial charge in [-0.2, -0.15) is 0 Å². The zero-order valence-corrected chi connectivity index (χ0v) is 20.8. The quantitative estimate of drug-likeness (QED) is 0.299. The van der Waals surface area contributed by atoms with Crippen molar-refractivity contribution in [2.45, 2.75) is 12.5 Å². The lowest BCUT2D eigenvalue weighted by atomic mass is 9.98. The number of hydrogen-bond donors (Lipinski definition) is 2.